The number of anilines is 1. The van der Waals surface area contributed by atoms with E-state index in [1.165, 1.54) is 0 Å². The molecule has 1 heterocycles. The summed E-state index contributed by atoms with van der Waals surface area (Å²) in [6, 6.07) is 3.93. The average Bonchev–Trinajstić information content (AvgIpc) is 2.76. The lowest BCUT2D eigenvalue weighted by Crippen LogP contribution is -2.24. The molecule has 0 radical (unpaired) electrons. The number of hydrogen-bond acceptors (Lipinski definition) is 3. The van der Waals surface area contributed by atoms with Gasteiger partial charge in [0, 0.05) is 12.7 Å². The highest BCUT2D eigenvalue weighted by molar-refractivity contribution is 5.70. The minimum absolute atomic E-state index is 0.187. The number of pyridine rings is 1. The molecule has 4 heteroatoms. The molecule has 0 aliphatic heterocycles. The van der Waals surface area contributed by atoms with Crippen LogP contribution in [0.3, 0.4) is 0 Å². The third-order valence-corrected chi connectivity index (χ3v) is 3.43. The molecule has 1 aliphatic carbocycles. The molecular weight excluding hydrogens is 216 g/mol. The number of nitrogens with one attached hydrogen (secondary N) is 1. The van der Waals surface area contributed by atoms with E-state index >= 15 is 0 Å². The first kappa shape index (κ1) is 11.9. The molecule has 1 aromatic rings. The lowest BCUT2D eigenvalue weighted by atomic mass is 9.96. The number of carboxylic acid groups (broad SMARTS) is 1. The predicted molar refractivity (Wildman–Crippen MR) is 65.9 cm³/mol. The maximum atomic E-state index is 11.0. The summed E-state index contributed by atoms with van der Waals surface area (Å²) in [6.07, 6.45) is 4.63. The van der Waals surface area contributed by atoms with Crippen molar-refractivity contribution < 1.29 is 9.90 Å². The van der Waals surface area contributed by atoms with Crippen LogP contribution in [0.25, 0.3) is 0 Å². The monoisotopic (exact) mass is 234 g/mol. The van der Waals surface area contributed by atoms with Gasteiger partial charge in [-0.2, -0.15) is 0 Å². The van der Waals surface area contributed by atoms with Gasteiger partial charge in [0.05, 0.1) is 5.92 Å². The minimum atomic E-state index is -0.661. The van der Waals surface area contributed by atoms with Crippen molar-refractivity contribution in [3.8, 4) is 0 Å². The lowest BCUT2D eigenvalue weighted by Gasteiger charge is -2.16. The van der Waals surface area contributed by atoms with Crippen molar-refractivity contribution in [2.24, 2.45) is 11.8 Å². The van der Waals surface area contributed by atoms with Gasteiger partial charge in [0.2, 0.25) is 0 Å². The van der Waals surface area contributed by atoms with E-state index in [1.54, 1.807) is 0 Å². The minimum Gasteiger partial charge on any atom is -0.481 e. The van der Waals surface area contributed by atoms with Gasteiger partial charge in [0.15, 0.2) is 0 Å². The molecule has 92 valence electrons. The highest BCUT2D eigenvalue weighted by atomic mass is 16.4. The smallest absolute Gasteiger partial charge is 0.306 e. The molecule has 2 N–H and O–H groups in total. The molecule has 1 fully saturated rings. The van der Waals surface area contributed by atoms with E-state index in [2.05, 4.69) is 10.3 Å². The van der Waals surface area contributed by atoms with E-state index in [0.717, 1.165) is 30.6 Å². The first-order valence-corrected chi connectivity index (χ1v) is 6.06. The van der Waals surface area contributed by atoms with Gasteiger partial charge in [-0.25, -0.2) is 4.98 Å². The summed E-state index contributed by atoms with van der Waals surface area (Å²) in [5, 5.41) is 12.3. The molecule has 4 nitrogen and oxygen atoms in total. The number of aryl methyl sites for hydroxylation is 1. The molecule has 1 aromatic heterocycles. The van der Waals surface area contributed by atoms with Crippen LogP contribution in [0.2, 0.25) is 0 Å². The first-order chi connectivity index (χ1) is 8.16. The SMILES string of the molecule is Cc1ccc(NCC2CCCC2C(=O)O)nc1. The van der Waals surface area contributed by atoms with Crippen LogP contribution in [0.4, 0.5) is 5.82 Å². The molecule has 2 unspecified atom stereocenters. The number of aliphatic carboxylic acids is 1. The first-order valence-electron chi connectivity index (χ1n) is 6.06. The zero-order valence-electron chi connectivity index (χ0n) is 10.0. The molecule has 0 spiro atoms. The summed E-state index contributed by atoms with van der Waals surface area (Å²) in [4.78, 5) is 15.3. The Balaban J connectivity index is 1.89. The van der Waals surface area contributed by atoms with Crippen molar-refractivity contribution >= 4 is 11.8 Å². The van der Waals surface area contributed by atoms with Crippen LogP contribution in [0.15, 0.2) is 18.3 Å². The fourth-order valence-corrected chi connectivity index (χ4v) is 2.41. The second-order valence-electron chi connectivity index (χ2n) is 4.74. The van der Waals surface area contributed by atoms with Gasteiger partial charge in [-0.3, -0.25) is 4.79 Å². The van der Waals surface area contributed by atoms with Crippen molar-refractivity contribution in [3.63, 3.8) is 0 Å². The summed E-state index contributed by atoms with van der Waals surface area (Å²) < 4.78 is 0. The molecule has 0 bridgehead atoms. The molecular formula is C13H18N2O2. The summed E-state index contributed by atoms with van der Waals surface area (Å²) in [7, 11) is 0. The zero-order chi connectivity index (χ0) is 12.3. The van der Waals surface area contributed by atoms with E-state index in [-0.39, 0.29) is 11.8 Å². The number of rotatable bonds is 4. The Hall–Kier alpha value is -1.58. The highest BCUT2D eigenvalue weighted by Gasteiger charge is 2.32. The van der Waals surface area contributed by atoms with Crippen LogP contribution in [0.5, 0.6) is 0 Å². The van der Waals surface area contributed by atoms with Crippen LogP contribution in [0, 0.1) is 18.8 Å². The number of nitrogens with zero attached hydrogens (tertiary/aromatic N) is 1. The van der Waals surface area contributed by atoms with Gasteiger partial charge in [-0.1, -0.05) is 12.5 Å². The standard InChI is InChI=1S/C13H18N2O2/c1-9-5-6-12(14-7-9)15-8-10-3-2-4-11(10)13(16)17/h5-7,10-11H,2-4,8H2,1H3,(H,14,15)(H,16,17). The van der Waals surface area contributed by atoms with Crippen LogP contribution in [0.1, 0.15) is 24.8 Å². The summed E-state index contributed by atoms with van der Waals surface area (Å²) in [5.74, 6) is 0.210. The number of hydrogen-bond donors (Lipinski definition) is 2. The Kier molecular flexibility index (Phi) is 3.61. The quantitative estimate of drug-likeness (QED) is 0.839. The van der Waals surface area contributed by atoms with E-state index in [0.29, 0.717) is 6.54 Å². The maximum Gasteiger partial charge on any atom is 0.306 e. The summed E-state index contributed by atoms with van der Waals surface area (Å²) in [6.45, 7) is 2.70. The molecule has 1 saturated carbocycles. The molecule has 0 aromatic carbocycles. The maximum absolute atomic E-state index is 11.0. The normalized spacial score (nSPS) is 23.6. The Morgan fingerprint density at radius 3 is 3.00 bits per heavy atom. The van der Waals surface area contributed by atoms with E-state index in [1.807, 2.05) is 25.3 Å². The zero-order valence-corrected chi connectivity index (χ0v) is 10.0. The van der Waals surface area contributed by atoms with Crippen LogP contribution >= 0.6 is 0 Å². The Labute approximate surface area is 101 Å². The van der Waals surface area contributed by atoms with Gasteiger partial charge >= 0.3 is 5.97 Å². The summed E-state index contributed by atoms with van der Waals surface area (Å²) >= 11 is 0. The number of carbonyl (C=O) groups is 1. The number of aromatic nitrogens is 1. The fourth-order valence-electron chi connectivity index (χ4n) is 2.41. The van der Waals surface area contributed by atoms with Gasteiger partial charge in [-0.15, -0.1) is 0 Å². The molecule has 2 rings (SSSR count). The molecule has 0 saturated heterocycles. The van der Waals surface area contributed by atoms with Crippen molar-refractivity contribution in [1.82, 2.24) is 4.98 Å². The highest BCUT2D eigenvalue weighted by Crippen LogP contribution is 2.31. The molecule has 1 aliphatic rings. The van der Waals surface area contributed by atoms with Crippen molar-refractivity contribution in [3.05, 3.63) is 23.9 Å². The van der Waals surface area contributed by atoms with Gasteiger partial charge < -0.3 is 10.4 Å². The van der Waals surface area contributed by atoms with E-state index < -0.39 is 5.97 Å². The van der Waals surface area contributed by atoms with Gasteiger partial charge in [-0.05, 0) is 37.3 Å². The summed E-state index contributed by atoms with van der Waals surface area (Å²) in [5.41, 5.74) is 1.12. The van der Waals surface area contributed by atoms with E-state index in [9.17, 15) is 4.79 Å². The second kappa shape index (κ2) is 5.17. The third kappa shape index (κ3) is 2.96. The molecule has 2 atom stereocenters. The van der Waals surface area contributed by atoms with Gasteiger partial charge in [0.25, 0.3) is 0 Å². The second-order valence-corrected chi connectivity index (χ2v) is 4.74. The topological polar surface area (TPSA) is 62.2 Å². The van der Waals surface area contributed by atoms with Crippen molar-refractivity contribution in [1.29, 1.82) is 0 Å². The number of carboxylic acids is 1. The van der Waals surface area contributed by atoms with Crippen molar-refractivity contribution in [2.45, 2.75) is 26.2 Å². The fraction of sp³-hybridized carbons (Fsp3) is 0.538. The van der Waals surface area contributed by atoms with Crippen LogP contribution in [-0.2, 0) is 4.79 Å². The average molecular weight is 234 g/mol. The molecule has 0 amide bonds. The van der Waals surface area contributed by atoms with Gasteiger partial charge in [0.1, 0.15) is 5.82 Å². The Bertz CT molecular complexity index is 389. The van der Waals surface area contributed by atoms with Crippen LogP contribution in [-0.4, -0.2) is 22.6 Å². The Morgan fingerprint density at radius 2 is 2.35 bits per heavy atom. The largest absolute Gasteiger partial charge is 0.481 e. The third-order valence-electron chi connectivity index (χ3n) is 3.43. The molecule has 17 heavy (non-hydrogen) atoms. The van der Waals surface area contributed by atoms with Crippen molar-refractivity contribution in [2.75, 3.05) is 11.9 Å². The van der Waals surface area contributed by atoms with E-state index in [4.69, 9.17) is 5.11 Å². The van der Waals surface area contributed by atoms with Crippen LogP contribution < -0.4 is 5.32 Å². The lowest BCUT2D eigenvalue weighted by molar-refractivity contribution is -0.142. The predicted octanol–water partition coefficient (Wildman–Crippen LogP) is 2.30. The Morgan fingerprint density at radius 1 is 1.53 bits per heavy atom.